The molecule has 0 radical (unpaired) electrons. The molecule has 82 valence electrons. The van der Waals surface area contributed by atoms with Crippen molar-refractivity contribution < 1.29 is 5.11 Å². The molecular formula is C11H27NO. The van der Waals surface area contributed by atoms with Crippen molar-refractivity contribution in [1.82, 2.24) is 4.90 Å². The average Bonchev–Trinajstić information content (AvgIpc) is 2.07. The van der Waals surface area contributed by atoms with Gasteiger partial charge in [0.15, 0.2) is 0 Å². The molecule has 0 heterocycles. The molecule has 0 saturated heterocycles. The second-order valence-electron chi connectivity index (χ2n) is 3.89. The number of hydrogen-bond acceptors (Lipinski definition) is 2. The van der Waals surface area contributed by atoms with Gasteiger partial charge in [0, 0.05) is 12.6 Å². The van der Waals surface area contributed by atoms with E-state index >= 15 is 0 Å². The number of nitrogens with zero attached hydrogens (tertiary/aromatic N) is 1. The maximum absolute atomic E-state index is 8.14. The Morgan fingerprint density at radius 1 is 1.00 bits per heavy atom. The van der Waals surface area contributed by atoms with Crippen LogP contribution in [0.5, 0.6) is 0 Å². The van der Waals surface area contributed by atoms with Gasteiger partial charge in [0.05, 0.1) is 0 Å². The Balaban J connectivity index is 0. The fraction of sp³-hybridized carbons (Fsp3) is 1.00. The topological polar surface area (TPSA) is 23.5 Å². The lowest BCUT2D eigenvalue weighted by atomic mass is 10.2. The molecule has 2 heteroatoms. The number of rotatable bonds is 4. The Morgan fingerprint density at radius 3 is 1.31 bits per heavy atom. The predicted molar refractivity (Wildman–Crippen MR) is 60.0 cm³/mol. The van der Waals surface area contributed by atoms with Gasteiger partial charge in [-0.15, -0.1) is 0 Å². The van der Waals surface area contributed by atoms with Crippen molar-refractivity contribution in [1.29, 1.82) is 0 Å². The van der Waals surface area contributed by atoms with Crippen LogP contribution in [0.3, 0.4) is 0 Å². The zero-order valence-electron chi connectivity index (χ0n) is 10.2. The molecule has 2 nitrogen and oxygen atoms in total. The van der Waals surface area contributed by atoms with Crippen LogP contribution in [0.4, 0.5) is 0 Å². The summed E-state index contributed by atoms with van der Waals surface area (Å²) in [5.41, 5.74) is 0. The normalized spacial score (nSPS) is 10.6. The molecule has 1 N–H and O–H groups in total. The summed E-state index contributed by atoms with van der Waals surface area (Å²) in [4.78, 5) is 2.42. The molecule has 0 amide bonds. The summed E-state index contributed by atoms with van der Waals surface area (Å²) in [6.45, 7) is 15.5. The maximum atomic E-state index is 8.14. The van der Waals surface area contributed by atoms with Gasteiger partial charge < -0.3 is 10.0 Å². The van der Waals surface area contributed by atoms with Crippen LogP contribution in [0, 0.1) is 5.92 Å². The summed E-state index contributed by atoms with van der Waals surface area (Å²) < 4.78 is 0. The number of hydrogen-bond donors (Lipinski definition) is 1. The fourth-order valence-electron chi connectivity index (χ4n) is 0.954. The highest BCUT2D eigenvalue weighted by Crippen LogP contribution is 1.94. The summed E-state index contributed by atoms with van der Waals surface area (Å²) in [7, 11) is 0. The minimum Gasteiger partial charge on any atom is -0.396 e. The highest BCUT2D eigenvalue weighted by Gasteiger charge is 2.00. The van der Waals surface area contributed by atoms with Crippen molar-refractivity contribution in [2.24, 2.45) is 5.92 Å². The first-order chi connectivity index (χ1) is 5.99. The lowest BCUT2D eigenvalue weighted by Gasteiger charge is -2.21. The summed E-state index contributed by atoms with van der Waals surface area (Å²) >= 11 is 0. The Kier molecular flexibility index (Phi) is 11.8. The third-order valence-electron chi connectivity index (χ3n) is 1.91. The monoisotopic (exact) mass is 189 g/mol. The van der Waals surface area contributed by atoms with Crippen molar-refractivity contribution in [2.75, 3.05) is 19.7 Å². The van der Waals surface area contributed by atoms with E-state index in [1.54, 1.807) is 0 Å². The second kappa shape index (κ2) is 10.0. The first-order valence-corrected chi connectivity index (χ1v) is 5.34. The highest BCUT2D eigenvalue weighted by atomic mass is 16.3. The highest BCUT2D eigenvalue weighted by molar-refractivity contribution is 4.56. The van der Waals surface area contributed by atoms with E-state index < -0.39 is 0 Å². The minimum absolute atomic E-state index is 0.306. The second-order valence-corrected chi connectivity index (χ2v) is 3.89. The van der Waals surface area contributed by atoms with Gasteiger partial charge in [0.2, 0.25) is 0 Å². The van der Waals surface area contributed by atoms with E-state index in [9.17, 15) is 0 Å². The minimum atomic E-state index is 0.306. The van der Waals surface area contributed by atoms with E-state index in [4.69, 9.17) is 5.11 Å². The number of aliphatic hydroxyl groups excluding tert-OH is 1. The van der Waals surface area contributed by atoms with Crippen molar-refractivity contribution in [3.63, 3.8) is 0 Å². The molecule has 0 saturated carbocycles. The van der Waals surface area contributed by atoms with Gasteiger partial charge in [-0.05, 0) is 32.9 Å². The van der Waals surface area contributed by atoms with Crippen molar-refractivity contribution in [3.05, 3.63) is 0 Å². The van der Waals surface area contributed by atoms with Crippen LogP contribution in [0.25, 0.3) is 0 Å². The largest absolute Gasteiger partial charge is 0.396 e. The summed E-state index contributed by atoms with van der Waals surface area (Å²) in [6.07, 6.45) is 0. The van der Waals surface area contributed by atoms with Crippen molar-refractivity contribution in [3.8, 4) is 0 Å². The lowest BCUT2D eigenvalue weighted by molar-refractivity contribution is 0.246. The molecule has 0 aliphatic carbocycles. The van der Waals surface area contributed by atoms with E-state index in [1.807, 2.05) is 13.8 Å². The van der Waals surface area contributed by atoms with Gasteiger partial charge in [0.1, 0.15) is 0 Å². The predicted octanol–water partition coefficient (Wildman–Crippen LogP) is 2.37. The molecular weight excluding hydrogens is 162 g/mol. The first-order valence-electron chi connectivity index (χ1n) is 5.34. The SMILES string of the molecule is CC(C)CO.CCN(CC)C(C)C. The lowest BCUT2D eigenvalue weighted by Crippen LogP contribution is -2.29. The van der Waals surface area contributed by atoms with Crippen LogP contribution < -0.4 is 0 Å². The quantitative estimate of drug-likeness (QED) is 0.734. The first kappa shape index (κ1) is 15.4. The van der Waals surface area contributed by atoms with E-state index in [0.717, 1.165) is 0 Å². The molecule has 0 aliphatic heterocycles. The maximum Gasteiger partial charge on any atom is 0.0453 e. The molecule has 0 aliphatic rings. The van der Waals surface area contributed by atoms with Crippen LogP contribution in [0.1, 0.15) is 41.5 Å². The van der Waals surface area contributed by atoms with Crippen LogP contribution >= 0.6 is 0 Å². The molecule has 0 unspecified atom stereocenters. The van der Waals surface area contributed by atoms with E-state index in [-0.39, 0.29) is 0 Å². The Labute approximate surface area is 83.9 Å². The van der Waals surface area contributed by atoms with Crippen LogP contribution in [-0.2, 0) is 0 Å². The molecule has 0 aromatic carbocycles. The van der Waals surface area contributed by atoms with Crippen LogP contribution in [0.15, 0.2) is 0 Å². The zero-order chi connectivity index (χ0) is 10.9. The number of aliphatic hydroxyl groups is 1. The van der Waals surface area contributed by atoms with Crippen molar-refractivity contribution >= 4 is 0 Å². The smallest absolute Gasteiger partial charge is 0.0453 e. The van der Waals surface area contributed by atoms with Gasteiger partial charge in [0.25, 0.3) is 0 Å². The van der Waals surface area contributed by atoms with Crippen molar-refractivity contribution in [2.45, 2.75) is 47.6 Å². The third kappa shape index (κ3) is 11.9. The molecule has 0 atom stereocenters. The molecule has 0 aromatic rings. The van der Waals surface area contributed by atoms with Crippen LogP contribution in [0.2, 0.25) is 0 Å². The van der Waals surface area contributed by atoms with E-state index in [1.165, 1.54) is 13.1 Å². The van der Waals surface area contributed by atoms with Gasteiger partial charge in [-0.2, -0.15) is 0 Å². The molecule has 0 aromatic heterocycles. The van der Waals surface area contributed by atoms with E-state index in [0.29, 0.717) is 18.6 Å². The Hall–Kier alpha value is -0.0800. The standard InChI is InChI=1S/C7H17N.C4H10O/c1-5-8(6-2)7(3)4;1-4(2)3-5/h7H,5-6H2,1-4H3;4-5H,3H2,1-2H3. The van der Waals surface area contributed by atoms with Gasteiger partial charge in [-0.25, -0.2) is 0 Å². The molecule has 0 spiro atoms. The average molecular weight is 189 g/mol. The Morgan fingerprint density at radius 2 is 1.31 bits per heavy atom. The summed E-state index contributed by atoms with van der Waals surface area (Å²) in [6, 6.07) is 0.713. The van der Waals surface area contributed by atoms with Crippen LogP contribution in [-0.4, -0.2) is 35.7 Å². The Bertz CT molecular complexity index is 88.1. The molecule has 0 bridgehead atoms. The molecule has 0 fully saturated rings. The summed E-state index contributed by atoms with van der Waals surface area (Å²) in [5.74, 6) is 0.440. The third-order valence-corrected chi connectivity index (χ3v) is 1.91. The molecule has 0 rings (SSSR count). The van der Waals surface area contributed by atoms with Gasteiger partial charge >= 0.3 is 0 Å². The van der Waals surface area contributed by atoms with E-state index in [2.05, 4.69) is 32.6 Å². The fourth-order valence-corrected chi connectivity index (χ4v) is 0.954. The molecule has 13 heavy (non-hydrogen) atoms. The van der Waals surface area contributed by atoms with Gasteiger partial charge in [-0.1, -0.05) is 27.7 Å². The summed E-state index contributed by atoms with van der Waals surface area (Å²) in [5, 5.41) is 8.14. The zero-order valence-corrected chi connectivity index (χ0v) is 10.2. The van der Waals surface area contributed by atoms with Gasteiger partial charge in [-0.3, -0.25) is 0 Å².